The predicted octanol–water partition coefficient (Wildman–Crippen LogP) is 5.80. The van der Waals surface area contributed by atoms with Crippen LogP contribution in [0.5, 0.6) is 5.75 Å². The van der Waals surface area contributed by atoms with Gasteiger partial charge in [0, 0.05) is 24.5 Å². The number of rotatable bonds is 4. The van der Waals surface area contributed by atoms with Crippen LogP contribution in [0.3, 0.4) is 0 Å². The van der Waals surface area contributed by atoms with E-state index in [9.17, 15) is 4.79 Å². The highest BCUT2D eigenvalue weighted by molar-refractivity contribution is 7.16. The number of carbonyl (C=O) groups is 1. The summed E-state index contributed by atoms with van der Waals surface area (Å²) < 4.78 is 7.60. The summed E-state index contributed by atoms with van der Waals surface area (Å²) in [5.74, 6) is 1.03. The van der Waals surface area contributed by atoms with E-state index in [2.05, 4.69) is 59.9 Å². The zero-order valence-electron chi connectivity index (χ0n) is 18.3. The van der Waals surface area contributed by atoms with Gasteiger partial charge in [0.1, 0.15) is 16.3 Å². The molecule has 1 aromatic carbocycles. The lowest BCUT2D eigenvalue weighted by Crippen LogP contribution is -2.38. The number of hydrogen-bond acceptors (Lipinski definition) is 3. The first-order valence-corrected chi connectivity index (χ1v) is 11.7. The fraction of sp³-hybridized carbons (Fsp3) is 0.480. The third kappa shape index (κ3) is 3.33. The number of nitrogens with zero attached hydrogens (tertiary/aromatic N) is 2. The molecule has 1 aliphatic carbocycles. The summed E-state index contributed by atoms with van der Waals surface area (Å²) in [4.78, 5) is 17.2. The molecular weight excluding hydrogens is 392 g/mol. The molecule has 3 heterocycles. The van der Waals surface area contributed by atoms with Crippen molar-refractivity contribution < 1.29 is 9.53 Å². The summed E-state index contributed by atoms with van der Waals surface area (Å²) in [6, 6.07) is 12.7. The van der Waals surface area contributed by atoms with E-state index in [1.54, 1.807) is 18.4 Å². The Bertz CT molecular complexity index is 1110. The maximum atomic E-state index is 13.8. The Morgan fingerprint density at radius 3 is 2.83 bits per heavy atom. The maximum absolute atomic E-state index is 13.8. The van der Waals surface area contributed by atoms with E-state index in [0.29, 0.717) is 18.0 Å². The van der Waals surface area contributed by atoms with Crippen molar-refractivity contribution in [3.05, 3.63) is 53.0 Å². The van der Waals surface area contributed by atoms with Crippen LogP contribution in [0.2, 0.25) is 0 Å². The van der Waals surface area contributed by atoms with Gasteiger partial charge in [-0.1, -0.05) is 32.9 Å². The molecule has 2 aromatic heterocycles. The van der Waals surface area contributed by atoms with E-state index < -0.39 is 0 Å². The van der Waals surface area contributed by atoms with Gasteiger partial charge in [-0.2, -0.15) is 0 Å². The van der Waals surface area contributed by atoms with Crippen LogP contribution in [0, 0.1) is 10.8 Å². The van der Waals surface area contributed by atoms with Gasteiger partial charge in [0.15, 0.2) is 0 Å². The minimum atomic E-state index is 0.188. The number of carbonyl (C=O) groups excluding carboxylic acids is 1. The highest BCUT2D eigenvalue weighted by Crippen LogP contribution is 2.52. The second-order valence-electron chi connectivity index (χ2n) is 10.3. The Balaban J connectivity index is 1.51. The third-order valence-electron chi connectivity index (χ3n) is 6.87. The van der Waals surface area contributed by atoms with E-state index in [-0.39, 0.29) is 11.3 Å². The van der Waals surface area contributed by atoms with E-state index in [1.807, 2.05) is 12.1 Å². The molecule has 1 amide bonds. The van der Waals surface area contributed by atoms with Crippen LogP contribution in [-0.4, -0.2) is 35.1 Å². The van der Waals surface area contributed by atoms with Gasteiger partial charge in [-0.3, -0.25) is 4.79 Å². The zero-order chi connectivity index (χ0) is 21.1. The Labute approximate surface area is 182 Å². The average Bonchev–Trinajstić information content (AvgIpc) is 3.33. The topological polar surface area (TPSA) is 34.5 Å². The SMILES string of the molecule is COc1cccc(Cn2c(C(=O)N3C[C@]4(C)C[C@H]3CC(C)(C)C4)cc3ccsc32)c1. The smallest absolute Gasteiger partial charge is 0.270 e. The first-order chi connectivity index (χ1) is 14.3. The van der Waals surface area contributed by atoms with Crippen LogP contribution in [-0.2, 0) is 6.54 Å². The van der Waals surface area contributed by atoms with Crippen LogP contribution in [0.4, 0.5) is 0 Å². The highest BCUT2D eigenvalue weighted by Gasteiger charge is 2.51. The molecule has 2 aliphatic rings. The monoisotopic (exact) mass is 422 g/mol. The molecule has 3 aromatic rings. The molecule has 2 bridgehead atoms. The fourth-order valence-corrected chi connectivity index (χ4v) is 7.00. The Morgan fingerprint density at radius 2 is 2.03 bits per heavy atom. The molecule has 5 heteroatoms. The standard InChI is InChI=1S/C25H30N2O2S/c1-24(2)12-19-13-25(3,15-24)16-27(19)22(28)21-11-18-8-9-30-23(18)26(21)14-17-6-5-7-20(10-17)29-4/h5-11,19H,12-16H2,1-4H3/t19-,25-/m1/s1. The second-order valence-corrected chi connectivity index (χ2v) is 11.2. The van der Waals surface area contributed by atoms with Crippen molar-refractivity contribution in [2.45, 2.75) is 52.6 Å². The Morgan fingerprint density at radius 1 is 1.20 bits per heavy atom. The number of fused-ring (bicyclic) bond motifs is 3. The number of benzene rings is 1. The Kier molecular flexibility index (Phi) is 4.51. The minimum absolute atomic E-state index is 0.188. The van der Waals surface area contributed by atoms with E-state index >= 15 is 0 Å². The summed E-state index contributed by atoms with van der Waals surface area (Å²) in [5, 5.41) is 3.26. The number of aromatic nitrogens is 1. The quantitative estimate of drug-likeness (QED) is 0.532. The number of methoxy groups -OCH3 is 1. The normalized spacial score (nSPS) is 25.1. The molecule has 4 nitrogen and oxygen atoms in total. The number of likely N-dealkylation sites (tertiary alicyclic amines) is 1. The van der Waals surface area contributed by atoms with Crippen molar-refractivity contribution in [2.24, 2.45) is 10.8 Å². The number of hydrogen-bond donors (Lipinski definition) is 0. The van der Waals surface area contributed by atoms with Gasteiger partial charge in [-0.25, -0.2) is 0 Å². The molecule has 1 saturated heterocycles. The van der Waals surface area contributed by atoms with Gasteiger partial charge in [-0.15, -0.1) is 11.3 Å². The van der Waals surface area contributed by atoms with Crippen molar-refractivity contribution >= 4 is 27.5 Å². The molecular formula is C25H30N2O2S. The first kappa shape index (κ1) is 19.7. The average molecular weight is 423 g/mol. The van der Waals surface area contributed by atoms with Crippen LogP contribution < -0.4 is 4.74 Å². The van der Waals surface area contributed by atoms with Gasteiger partial charge in [0.2, 0.25) is 0 Å². The summed E-state index contributed by atoms with van der Waals surface area (Å²) in [6.07, 6.45) is 3.42. The van der Waals surface area contributed by atoms with Gasteiger partial charge in [0.05, 0.1) is 7.11 Å². The van der Waals surface area contributed by atoms with E-state index in [4.69, 9.17) is 4.74 Å². The molecule has 1 aliphatic heterocycles. The van der Waals surface area contributed by atoms with Gasteiger partial charge >= 0.3 is 0 Å². The third-order valence-corrected chi connectivity index (χ3v) is 7.82. The molecule has 0 N–H and O–H groups in total. The van der Waals surface area contributed by atoms with Gasteiger partial charge < -0.3 is 14.2 Å². The van der Waals surface area contributed by atoms with Gasteiger partial charge in [-0.05, 0) is 65.3 Å². The van der Waals surface area contributed by atoms with Crippen molar-refractivity contribution in [3.8, 4) is 5.75 Å². The van der Waals surface area contributed by atoms with Crippen LogP contribution in [0.1, 0.15) is 56.1 Å². The van der Waals surface area contributed by atoms with Crippen LogP contribution in [0.25, 0.3) is 10.2 Å². The van der Waals surface area contributed by atoms with Crippen molar-refractivity contribution in [3.63, 3.8) is 0 Å². The molecule has 5 rings (SSSR count). The predicted molar refractivity (Wildman–Crippen MR) is 122 cm³/mol. The summed E-state index contributed by atoms with van der Waals surface area (Å²) in [7, 11) is 1.69. The second kappa shape index (κ2) is 6.88. The molecule has 0 spiro atoms. The van der Waals surface area contributed by atoms with Gasteiger partial charge in [0.25, 0.3) is 5.91 Å². The zero-order valence-corrected chi connectivity index (χ0v) is 19.1. The molecule has 1 saturated carbocycles. The maximum Gasteiger partial charge on any atom is 0.270 e. The number of ether oxygens (including phenoxy) is 1. The molecule has 0 unspecified atom stereocenters. The summed E-state index contributed by atoms with van der Waals surface area (Å²) >= 11 is 1.70. The molecule has 2 fully saturated rings. The summed E-state index contributed by atoms with van der Waals surface area (Å²) in [6.45, 7) is 8.61. The largest absolute Gasteiger partial charge is 0.497 e. The van der Waals surface area contributed by atoms with Crippen LogP contribution in [0.15, 0.2) is 41.8 Å². The van der Waals surface area contributed by atoms with Crippen molar-refractivity contribution in [2.75, 3.05) is 13.7 Å². The number of amides is 1. The molecule has 0 radical (unpaired) electrons. The molecule has 158 valence electrons. The molecule has 2 atom stereocenters. The Hall–Kier alpha value is -2.27. The van der Waals surface area contributed by atoms with Crippen molar-refractivity contribution in [1.29, 1.82) is 0 Å². The fourth-order valence-electron chi connectivity index (χ4n) is 6.11. The lowest BCUT2D eigenvalue weighted by molar-refractivity contribution is 0.0698. The number of thiophene rings is 1. The van der Waals surface area contributed by atoms with Crippen LogP contribution >= 0.6 is 11.3 Å². The summed E-state index contributed by atoms with van der Waals surface area (Å²) in [5.41, 5.74) is 2.50. The van der Waals surface area contributed by atoms with E-state index in [0.717, 1.165) is 46.6 Å². The molecule has 30 heavy (non-hydrogen) atoms. The van der Waals surface area contributed by atoms with E-state index in [1.165, 1.54) is 6.42 Å². The lowest BCUT2D eigenvalue weighted by atomic mass is 9.65. The first-order valence-electron chi connectivity index (χ1n) is 10.8. The highest BCUT2D eigenvalue weighted by atomic mass is 32.1. The van der Waals surface area contributed by atoms with Crippen molar-refractivity contribution in [1.82, 2.24) is 9.47 Å². The minimum Gasteiger partial charge on any atom is -0.497 e. The lowest BCUT2D eigenvalue weighted by Gasteiger charge is -2.39.